The zero-order valence-corrected chi connectivity index (χ0v) is 22.3. The van der Waals surface area contributed by atoms with Gasteiger partial charge in [0.05, 0.1) is 24.9 Å². The number of likely N-dealkylation sites (tertiary alicyclic amines) is 1. The van der Waals surface area contributed by atoms with Crippen LogP contribution in [0.4, 0.5) is 5.13 Å². The molecule has 0 saturated carbocycles. The lowest BCUT2D eigenvalue weighted by molar-refractivity contribution is -0.153. The van der Waals surface area contributed by atoms with Crippen molar-refractivity contribution in [3.05, 3.63) is 29.6 Å². The number of anilines is 1. The molecular weight excluding hydrogens is 496 g/mol. The second-order valence-corrected chi connectivity index (χ2v) is 10.6. The van der Waals surface area contributed by atoms with Gasteiger partial charge in [0.15, 0.2) is 5.13 Å². The van der Waals surface area contributed by atoms with Gasteiger partial charge in [-0.3, -0.25) is 4.79 Å². The van der Waals surface area contributed by atoms with Crippen LogP contribution in [0.25, 0.3) is 22.3 Å². The van der Waals surface area contributed by atoms with E-state index in [1.165, 1.54) is 16.2 Å². The molecule has 1 fully saturated rings. The zero-order chi connectivity index (χ0) is 26.9. The molecule has 1 aliphatic rings. The molecule has 3 aromatic rings. The first-order valence-corrected chi connectivity index (χ1v) is 13.0. The number of carbonyl (C=O) groups is 2. The van der Waals surface area contributed by atoms with E-state index in [0.29, 0.717) is 28.4 Å². The summed E-state index contributed by atoms with van der Waals surface area (Å²) in [4.78, 5) is 35.4. The average Bonchev–Trinajstić information content (AvgIpc) is 3.49. The van der Waals surface area contributed by atoms with Crippen molar-refractivity contribution in [2.24, 2.45) is 5.92 Å². The van der Waals surface area contributed by atoms with E-state index in [1.54, 1.807) is 39.2 Å². The SMILES string of the molecule is COc1ccc2c(O[C@@H]3C[C@@H](C(=O)O)N(C(=O)C(O)C(C)C)C3)cc(-c3csc(NC(C)C)n3)nc2c1. The molecule has 1 aliphatic heterocycles. The monoisotopic (exact) mass is 528 g/mol. The van der Waals surface area contributed by atoms with Gasteiger partial charge >= 0.3 is 5.97 Å². The summed E-state index contributed by atoms with van der Waals surface area (Å²) in [6.45, 7) is 7.54. The highest BCUT2D eigenvalue weighted by Gasteiger charge is 2.43. The largest absolute Gasteiger partial charge is 0.497 e. The number of aliphatic carboxylic acids is 1. The third-order valence-corrected chi connectivity index (χ3v) is 6.94. The summed E-state index contributed by atoms with van der Waals surface area (Å²) in [6.07, 6.45) is -1.77. The third kappa shape index (κ3) is 5.78. The van der Waals surface area contributed by atoms with Gasteiger partial charge in [0.25, 0.3) is 5.91 Å². The van der Waals surface area contributed by atoms with Gasteiger partial charge in [0.1, 0.15) is 35.4 Å². The lowest BCUT2D eigenvalue weighted by Crippen LogP contribution is -2.47. The van der Waals surface area contributed by atoms with Gasteiger partial charge in [-0.2, -0.15) is 0 Å². The molecular formula is C26H32N4O6S. The molecule has 3 heterocycles. The molecule has 3 N–H and O–H groups in total. The van der Waals surface area contributed by atoms with Gasteiger partial charge in [0, 0.05) is 35.4 Å². The molecule has 1 saturated heterocycles. The maximum absolute atomic E-state index is 12.8. The fraction of sp³-hybridized carbons (Fsp3) is 0.462. The molecule has 4 rings (SSSR count). The van der Waals surface area contributed by atoms with Crippen molar-refractivity contribution in [3.63, 3.8) is 0 Å². The lowest BCUT2D eigenvalue weighted by Gasteiger charge is -2.25. The summed E-state index contributed by atoms with van der Waals surface area (Å²) in [5.74, 6) is -0.937. The molecule has 2 aromatic heterocycles. The number of carboxylic acid groups (broad SMARTS) is 1. The van der Waals surface area contributed by atoms with Crippen LogP contribution in [-0.2, 0) is 9.59 Å². The second kappa shape index (κ2) is 10.9. The normalized spacial score (nSPS) is 18.4. The number of pyridine rings is 1. The molecule has 37 heavy (non-hydrogen) atoms. The first-order valence-electron chi connectivity index (χ1n) is 12.2. The Bertz CT molecular complexity index is 1290. The molecule has 1 unspecified atom stereocenters. The van der Waals surface area contributed by atoms with Gasteiger partial charge in [-0.15, -0.1) is 11.3 Å². The summed E-state index contributed by atoms with van der Waals surface area (Å²) in [6, 6.07) is 6.37. The Labute approximate surface area is 219 Å². The van der Waals surface area contributed by atoms with Crippen molar-refractivity contribution < 1.29 is 29.3 Å². The third-order valence-electron chi connectivity index (χ3n) is 6.17. The highest BCUT2D eigenvalue weighted by atomic mass is 32.1. The van der Waals surface area contributed by atoms with E-state index in [4.69, 9.17) is 14.5 Å². The summed E-state index contributed by atoms with van der Waals surface area (Å²) in [7, 11) is 1.58. The number of aromatic nitrogens is 2. The summed E-state index contributed by atoms with van der Waals surface area (Å²) < 4.78 is 11.7. The van der Waals surface area contributed by atoms with Crippen molar-refractivity contribution in [2.75, 3.05) is 19.0 Å². The molecule has 1 amide bonds. The number of nitrogens with one attached hydrogen (secondary N) is 1. The number of hydrogen-bond acceptors (Lipinski definition) is 9. The van der Waals surface area contributed by atoms with Gasteiger partial charge in [-0.1, -0.05) is 13.8 Å². The van der Waals surface area contributed by atoms with Crippen molar-refractivity contribution in [1.82, 2.24) is 14.9 Å². The number of thiazole rings is 1. The Morgan fingerprint density at radius 1 is 1.16 bits per heavy atom. The van der Waals surface area contributed by atoms with Gasteiger partial charge < -0.3 is 29.9 Å². The number of fused-ring (bicyclic) bond motifs is 1. The number of aliphatic hydroxyl groups is 1. The maximum Gasteiger partial charge on any atom is 0.326 e. The predicted molar refractivity (Wildman–Crippen MR) is 141 cm³/mol. The van der Waals surface area contributed by atoms with Crippen LogP contribution in [0.2, 0.25) is 0 Å². The Balaban J connectivity index is 1.68. The number of methoxy groups -OCH3 is 1. The van der Waals surface area contributed by atoms with Crippen LogP contribution in [0.3, 0.4) is 0 Å². The van der Waals surface area contributed by atoms with Gasteiger partial charge in [0.2, 0.25) is 0 Å². The number of hydrogen-bond donors (Lipinski definition) is 3. The molecule has 0 bridgehead atoms. The minimum atomic E-state index is -1.28. The predicted octanol–water partition coefficient (Wildman–Crippen LogP) is 3.64. The summed E-state index contributed by atoms with van der Waals surface area (Å²) >= 11 is 1.48. The Morgan fingerprint density at radius 2 is 1.92 bits per heavy atom. The number of amides is 1. The molecule has 10 nitrogen and oxygen atoms in total. The van der Waals surface area contributed by atoms with Crippen molar-refractivity contribution >= 4 is 39.2 Å². The molecule has 1 aromatic carbocycles. The van der Waals surface area contributed by atoms with Crippen LogP contribution in [0.5, 0.6) is 11.5 Å². The quantitative estimate of drug-likeness (QED) is 0.380. The zero-order valence-electron chi connectivity index (χ0n) is 21.5. The standard InChI is InChI=1S/C26H32N4O6S/c1-13(2)23(31)24(32)30-11-16(9-21(30)25(33)34)36-22-10-19(20-12-37-26(29-20)27-14(3)4)28-18-8-15(35-5)6-7-17(18)22/h6-8,10,12-14,16,21,23,31H,9,11H2,1-5H3,(H,27,29)(H,33,34)/t16-,21+,23?/m1/s1. The molecule has 0 spiro atoms. The van der Waals surface area contributed by atoms with Crippen LogP contribution in [0.15, 0.2) is 29.6 Å². The molecule has 0 aliphatic carbocycles. The highest BCUT2D eigenvalue weighted by Crippen LogP contribution is 2.35. The van der Waals surface area contributed by atoms with Crippen LogP contribution in [0, 0.1) is 5.92 Å². The van der Waals surface area contributed by atoms with E-state index in [-0.39, 0.29) is 24.9 Å². The number of aliphatic hydroxyl groups excluding tert-OH is 1. The molecule has 0 radical (unpaired) electrons. The first kappa shape index (κ1) is 26.6. The van der Waals surface area contributed by atoms with Gasteiger partial charge in [-0.25, -0.2) is 14.8 Å². The molecule has 3 atom stereocenters. The van der Waals surface area contributed by atoms with E-state index in [9.17, 15) is 19.8 Å². The van der Waals surface area contributed by atoms with E-state index in [2.05, 4.69) is 10.3 Å². The smallest absolute Gasteiger partial charge is 0.326 e. The lowest BCUT2D eigenvalue weighted by atomic mass is 10.1. The Kier molecular flexibility index (Phi) is 7.84. The fourth-order valence-corrected chi connectivity index (χ4v) is 5.08. The number of ether oxygens (including phenoxy) is 2. The van der Waals surface area contributed by atoms with Crippen molar-refractivity contribution in [3.8, 4) is 22.9 Å². The van der Waals surface area contributed by atoms with E-state index >= 15 is 0 Å². The van der Waals surface area contributed by atoms with Crippen LogP contribution < -0.4 is 14.8 Å². The average molecular weight is 529 g/mol. The Hall–Kier alpha value is -3.44. The topological polar surface area (TPSA) is 134 Å². The van der Waals surface area contributed by atoms with E-state index < -0.39 is 30.1 Å². The van der Waals surface area contributed by atoms with Crippen LogP contribution in [-0.4, -0.2) is 74.9 Å². The number of nitrogens with zero attached hydrogens (tertiary/aromatic N) is 3. The van der Waals surface area contributed by atoms with Crippen molar-refractivity contribution in [2.45, 2.75) is 58.4 Å². The fourth-order valence-electron chi connectivity index (χ4n) is 4.23. The van der Waals surface area contributed by atoms with Crippen molar-refractivity contribution in [1.29, 1.82) is 0 Å². The summed E-state index contributed by atoms with van der Waals surface area (Å²) in [5.41, 5.74) is 1.91. The van der Waals surface area contributed by atoms with Crippen LogP contribution >= 0.6 is 11.3 Å². The maximum atomic E-state index is 12.8. The minimum Gasteiger partial charge on any atom is -0.497 e. The number of rotatable bonds is 9. The molecule has 11 heteroatoms. The first-order chi connectivity index (χ1) is 17.6. The highest BCUT2D eigenvalue weighted by molar-refractivity contribution is 7.14. The van der Waals surface area contributed by atoms with E-state index in [0.717, 1.165) is 10.5 Å². The minimum absolute atomic E-state index is 0.0496. The van der Waals surface area contributed by atoms with E-state index in [1.807, 2.05) is 25.3 Å². The summed E-state index contributed by atoms with van der Waals surface area (Å²) in [5, 5.41) is 26.7. The Morgan fingerprint density at radius 3 is 2.57 bits per heavy atom. The van der Waals surface area contributed by atoms with Gasteiger partial charge in [-0.05, 0) is 31.9 Å². The number of carboxylic acids is 1. The number of carbonyl (C=O) groups excluding carboxylic acids is 1. The molecule has 198 valence electrons. The number of benzene rings is 1. The second-order valence-electron chi connectivity index (χ2n) is 9.73. The van der Waals surface area contributed by atoms with Crippen LogP contribution in [0.1, 0.15) is 34.1 Å².